The molecule has 0 saturated heterocycles. The van der Waals surface area contributed by atoms with E-state index in [4.69, 9.17) is 11.6 Å². The SMILES string of the molecule is Cc1ccc(NC(=O)/C(C#N)=C\Nc2cccc(N(C)C)c2)cc1Cl. The van der Waals surface area contributed by atoms with Crippen LogP contribution in [-0.4, -0.2) is 20.0 Å². The van der Waals surface area contributed by atoms with E-state index in [0.717, 1.165) is 16.9 Å². The first-order chi connectivity index (χ1) is 11.9. The third-order valence-electron chi connectivity index (χ3n) is 3.54. The van der Waals surface area contributed by atoms with Crippen LogP contribution < -0.4 is 15.5 Å². The molecule has 2 N–H and O–H groups in total. The van der Waals surface area contributed by atoms with E-state index >= 15 is 0 Å². The molecule has 0 saturated carbocycles. The lowest BCUT2D eigenvalue weighted by Gasteiger charge is -2.13. The molecule has 128 valence electrons. The van der Waals surface area contributed by atoms with E-state index in [-0.39, 0.29) is 5.57 Å². The Hall–Kier alpha value is -2.97. The average Bonchev–Trinajstić information content (AvgIpc) is 2.59. The summed E-state index contributed by atoms with van der Waals surface area (Å²) in [6, 6.07) is 14.7. The number of rotatable bonds is 5. The number of hydrogen-bond donors (Lipinski definition) is 2. The number of carbonyl (C=O) groups is 1. The molecule has 0 atom stereocenters. The lowest BCUT2D eigenvalue weighted by Crippen LogP contribution is -2.14. The highest BCUT2D eigenvalue weighted by molar-refractivity contribution is 6.31. The molecule has 0 aliphatic rings. The molecule has 0 unspecified atom stereocenters. The van der Waals surface area contributed by atoms with E-state index < -0.39 is 5.91 Å². The van der Waals surface area contributed by atoms with E-state index in [1.165, 1.54) is 6.20 Å². The highest BCUT2D eigenvalue weighted by atomic mass is 35.5. The fourth-order valence-corrected chi connectivity index (χ4v) is 2.23. The van der Waals surface area contributed by atoms with Crippen LogP contribution in [0.3, 0.4) is 0 Å². The van der Waals surface area contributed by atoms with Crippen LogP contribution in [0.5, 0.6) is 0 Å². The maximum absolute atomic E-state index is 12.2. The van der Waals surface area contributed by atoms with Gasteiger partial charge in [-0.05, 0) is 42.8 Å². The van der Waals surface area contributed by atoms with Gasteiger partial charge in [-0.1, -0.05) is 23.7 Å². The first-order valence-electron chi connectivity index (χ1n) is 7.62. The Morgan fingerprint density at radius 3 is 2.60 bits per heavy atom. The minimum atomic E-state index is -0.501. The van der Waals surface area contributed by atoms with Crippen molar-refractivity contribution in [1.82, 2.24) is 0 Å². The second kappa shape index (κ2) is 8.22. The maximum atomic E-state index is 12.2. The molecule has 0 bridgehead atoms. The molecule has 0 fully saturated rings. The Kier molecular flexibility index (Phi) is 6.04. The summed E-state index contributed by atoms with van der Waals surface area (Å²) in [4.78, 5) is 14.2. The molecule has 1 amide bonds. The molecular formula is C19H19ClN4O. The van der Waals surface area contributed by atoms with Gasteiger partial charge in [0.25, 0.3) is 5.91 Å². The largest absolute Gasteiger partial charge is 0.378 e. The smallest absolute Gasteiger partial charge is 0.267 e. The number of aryl methyl sites for hydroxylation is 1. The molecule has 6 heteroatoms. The van der Waals surface area contributed by atoms with Gasteiger partial charge in [0.15, 0.2) is 0 Å². The minimum absolute atomic E-state index is 0.0352. The number of carbonyl (C=O) groups excluding carboxylic acids is 1. The van der Waals surface area contributed by atoms with E-state index in [0.29, 0.717) is 10.7 Å². The van der Waals surface area contributed by atoms with Crippen molar-refractivity contribution in [3.8, 4) is 6.07 Å². The topological polar surface area (TPSA) is 68.2 Å². The molecule has 0 radical (unpaired) electrons. The van der Waals surface area contributed by atoms with Crippen molar-refractivity contribution in [3.05, 3.63) is 64.8 Å². The van der Waals surface area contributed by atoms with Crippen molar-refractivity contribution in [2.24, 2.45) is 0 Å². The van der Waals surface area contributed by atoms with Crippen LogP contribution in [0.25, 0.3) is 0 Å². The van der Waals surface area contributed by atoms with Crippen molar-refractivity contribution in [3.63, 3.8) is 0 Å². The maximum Gasteiger partial charge on any atom is 0.267 e. The summed E-state index contributed by atoms with van der Waals surface area (Å²) in [7, 11) is 3.88. The fourth-order valence-electron chi connectivity index (χ4n) is 2.05. The van der Waals surface area contributed by atoms with Gasteiger partial charge in [-0.15, -0.1) is 0 Å². The zero-order chi connectivity index (χ0) is 18.4. The Bertz CT molecular complexity index is 853. The van der Waals surface area contributed by atoms with Crippen LogP contribution in [0.15, 0.2) is 54.2 Å². The van der Waals surface area contributed by atoms with Gasteiger partial charge in [0.1, 0.15) is 11.6 Å². The Balaban J connectivity index is 2.11. The summed E-state index contributed by atoms with van der Waals surface area (Å²) in [5.41, 5.74) is 3.21. The van der Waals surface area contributed by atoms with Crippen LogP contribution in [0, 0.1) is 18.3 Å². The summed E-state index contributed by atoms with van der Waals surface area (Å²) in [6.07, 6.45) is 1.39. The fraction of sp³-hybridized carbons (Fsp3) is 0.158. The van der Waals surface area contributed by atoms with Gasteiger partial charge in [-0.25, -0.2) is 0 Å². The first kappa shape index (κ1) is 18.4. The predicted molar refractivity (Wildman–Crippen MR) is 103 cm³/mol. The molecule has 2 aromatic carbocycles. The summed E-state index contributed by atoms with van der Waals surface area (Å²) >= 11 is 6.05. The predicted octanol–water partition coefficient (Wildman–Crippen LogP) is 4.17. The molecule has 0 heterocycles. The van der Waals surface area contributed by atoms with E-state index in [9.17, 15) is 10.1 Å². The molecule has 0 spiro atoms. The van der Waals surface area contributed by atoms with Crippen LogP contribution >= 0.6 is 11.6 Å². The zero-order valence-electron chi connectivity index (χ0n) is 14.3. The standard InChI is InChI=1S/C19H19ClN4O/c1-13-7-8-16(10-18(13)20)23-19(25)14(11-21)12-22-15-5-4-6-17(9-15)24(2)3/h4-10,12,22H,1-3H3,(H,23,25)/b14-12-. The lowest BCUT2D eigenvalue weighted by atomic mass is 10.2. The number of hydrogen-bond acceptors (Lipinski definition) is 4. The van der Waals surface area contributed by atoms with E-state index in [1.54, 1.807) is 18.2 Å². The summed E-state index contributed by atoms with van der Waals surface area (Å²) in [6.45, 7) is 1.88. The normalized spacial score (nSPS) is 10.8. The Morgan fingerprint density at radius 2 is 1.96 bits per heavy atom. The van der Waals surface area contributed by atoms with Crippen LogP contribution in [0.1, 0.15) is 5.56 Å². The number of benzene rings is 2. The molecule has 5 nitrogen and oxygen atoms in total. The highest BCUT2D eigenvalue weighted by Crippen LogP contribution is 2.21. The number of nitrogens with zero attached hydrogens (tertiary/aromatic N) is 2. The third-order valence-corrected chi connectivity index (χ3v) is 3.95. The third kappa shape index (κ3) is 5.00. The monoisotopic (exact) mass is 354 g/mol. The molecule has 0 aliphatic heterocycles. The van der Waals surface area contributed by atoms with Gasteiger partial charge in [-0.2, -0.15) is 5.26 Å². The highest BCUT2D eigenvalue weighted by Gasteiger charge is 2.10. The van der Waals surface area contributed by atoms with Crippen molar-refractivity contribution < 1.29 is 4.79 Å². The summed E-state index contributed by atoms with van der Waals surface area (Å²) in [5.74, 6) is -0.501. The summed E-state index contributed by atoms with van der Waals surface area (Å²) in [5, 5.41) is 15.4. The molecule has 0 aliphatic carbocycles. The Morgan fingerprint density at radius 1 is 1.20 bits per heavy atom. The summed E-state index contributed by atoms with van der Waals surface area (Å²) < 4.78 is 0. The zero-order valence-corrected chi connectivity index (χ0v) is 15.1. The minimum Gasteiger partial charge on any atom is -0.378 e. The Labute approximate surface area is 152 Å². The second-order valence-electron chi connectivity index (χ2n) is 5.68. The van der Waals surface area contributed by atoms with Gasteiger partial charge in [0.2, 0.25) is 0 Å². The lowest BCUT2D eigenvalue weighted by molar-refractivity contribution is -0.112. The van der Waals surface area contributed by atoms with Crippen molar-refractivity contribution >= 4 is 34.6 Å². The number of anilines is 3. The molecule has 2 aromatic rings. The van der Waals surface area contributed by atoms with Gasteiger partial charge in [0.05, 0.1) is 0 Å². The molecular weight excluding hydrogens is 336 g/mol. The van der Waals surface area contributed by atoms with Crippen molar-refractivity contribution in [2.75, 3.05) is 29.6 Å². The number of nitriles is 1. The van der Waals surface area contributed by atoms with Crippen LogP contribution in [0.4, 0.5) is 17.1 Å². The number of halogens is 1. The first-order valence-corrected chi connectivity index (χ1v) is 8.00. The molecule has 2 rings (SSSR count). The van der Waals surface area contributed by atoms with E-state index in [2.05, 4.69) is 10.6 Å². The van der Waals surface area contributed by atoms with E-state index in [1.807, 2.05) is 56.3 Å². The van der Waals surface area contributed by atoms with Crippen molar-refractivity contribution in [2.45, 2.75) is 6.92 Å². The molecule has 25 heavy (non-hydrogen) atoms. The van der Waals surface area contributed by atoms with Gasteiger partial charge in [0, 0.05) is 42.4 Å². The average molecular weight is 355 g/mol. The van der Waals surface area contributed by atoms with Gasteiger partial charge in [-0.3, -0.25) is 4.79 Å². The van der Waals surface area contributed by atoms with Crippen LogP contribution in [0.2, 0.25) is 5.02 Å². The van der Waals surface area contributed by atoms with Gasteiger partial charge >= 0.3 is 0 Å². The molecule has 0 aromatic heterocycles. The quantitative estimate of drug-likeness (QED) is 0.624. The number of amides is 1. The van der Waals surface area contributed by atoms with Crippen LogP contribution in [-0.2, 0) is 4.79 Å². The van der Waals surface area contributed by atoms with Gasteiger partial charge < -0.3 is 15.5 Å². The van der Waals surface area contributed by atoms with Crippen molar-refractivity contribution in [1.29, 1.82) is 5.26 Å². The second-order valence-corrected chi connectivity index (χ2v) is 6.08. The number of nitrogens with one attached hydrogen (secondary N) is 2.